The van der Waals surface area contributed by atoms with E-state index in [1.165, 1.54) is 22.3 Å². The van der Waals surface area contributed by atoms with Crippen LogP contribution >= 0.6 is 18.7 Å². The number of hydrogen-bond donors (Lipinski definition) is 0. The first-order chi connectivity index (χ1) is 12.2. The van der Waals surface area contributed by atoms with E-state index in [9.17, 15) is 4.57 Å². The highest BCUT2D eigenvalue weighted by atomic mass is 35.5. The normalized spacial score (nSPS) is 14.8. The molecule has 26 heavy (non-hydrogen) atoms. The molecule has 0 saturated carbocycles. The van der Waals surface area contributed by atoms with Gasteiger partial charge in [-0.2, -0.15) is 0 Å². The van der Waals surface area contributed by atoms with Crippen LogP contribution in [0.2, 0.25) is 5.02 Å². The molecule has 0 fully saturated rings. The van der Waals surface area contributed by atoms with Crippen molar-refractivity contribution in [1.82, 2.24) is 4.98 Å². The number of aromatic nitrogens is 1. The number of benzene rings is 2. The van der Waals surface area contributed by atoms with Crippen LogP contribution in [-0.2, 0) is 9.98 Å². The molecule has 3 aromatic rings. The summed E-state index contributed by atoms with van der Waals surface area (Å²) in [5.74, 6) is 0. The van der Waals surface area contributed by atoms with Gasteiger partial charge in [-0.3, -0.25) is 4.98 Å². The third-order valence-corrected chi connectivity index (χ3v) is 7.05. The van der Waals surface area contributed by atoms with E-state index in [2.05, 4.69) is 49.2 Å². The van der Waals surface area contributed by atoms with Crippen LogP contribution < -0.4 is 5.30 Å². The first kappa shape index (κ1) is 17.5. The summed E-state index contributed by atoms with van der Waals surface area (Å²) in [6.45, 7) is 8.12. The Morgan fingerprint density at radius 1 is 0.885 bits per heavy atom. The zero-order valence-corrected chi connectivity index (χ0v) is 17.0. The highest BCUT2D eigenvalue weighted by Gasteiger charge is 2.36. The maximum atomic E-state index is 12.6. The van der Waals surface area contributed by atoms with E-state index in [1.807, 2.05) is 31.7 Å². The van der Waals surface area contributed by atoms with Crippen molar-refractivity contribution >= 4 is 24.0 Å². The minimum Gasteiger partial charge on any atom is -0.319 e. The summed E-state index contributed by atoms with van der Waals surface area (Å²) in [5.41, 5.74) is 6.99. The molecule has 4 heteroatoms. The average Bonchev–Trinajstić information content (AvgIpc) is 2.81. The summed E-state index contributed by atoms with van der Waals surface area (Å²) in [5, 5.41) is 1.58. The molecule has 0 N–H and O–H groups in total. The Balaban J connectivity index is 1.89. The second kappa shape index (κ2) is 5.81. The third-order valence-electron chi connectivity index (χ3n) is 5.32. The van der Waals surface area contributed by atoms with Crippen LogP contribution in [0.15, 0.2) is 54.9 Å². The second-order valence-corrected chi connectivity index (χ2v) is 11.5. The van der Waals surface area contributed by atoms with Crippen molar-refractivity contribution in [2.75, 3.05) is 13.3 Å². The quantitative estimate of drug-likeness (QED) is 0.513. The molecule has 132 valence electrons. The summed E-state index contributed by atoms with van der Waals surface area (Å²) in [4.78, 5) is 4.21. The standard InChI is InChI=1S/C22H21ClNOP/c1-22(2)20-10-14(15-9-16(23)13-24-12-15)5-7-18(20)19-8-6-17(11-21(19)22)26(3,4)25/h5-13H,1-4H3. The lowest BCUT2D eigenvalue weighted by Gasteiger charge is -2.23. The Hall–Kier alpha value is -1.89. The van der Waals surface area contributed by atoms with Crippen molar-refractivity contribution in [2.45, 2.75) is 19.3 Å². The molecular weight excluding hydrogens is 361 g/mol. The Kier molecular flexibility index (Phi) is 3.91. The SMILES string of the molecule is CC1(C)c2cc(-c3cncc(Cl)c3)ccc2-c2ccc(P(C)(C)=O)cc21. The fourth-order valence-electron chi connectivity index (χ4n) is 3.81. The van der Waals surface area contributed by atoms with Crippen molar-refractivity contribution in [3.05, 3.63) is 71.0 Å². The van der Waals surface area contributed by atoms with Gasteiger partial charge in [-0.1, -0.05) is 49.7 Å². The van der Waals surface area contributed by atoms with Crippen molar-refractivity contribution in [3.8, 4) is 22.3 Å². The molecule has 1 aliphatic rings. The first-order valence-electron chi connectivity index (χ1n) is 8.64. The predicted molar refractivity (Wildman–Crippen MR) is 111 cm³/mol. The summed E-state index contributed by atoms with van der Waals surface area (Å²) in [6.07, 6.45) is 3.48. The van der Waals surface area contributed by atoms with Crippen molar-refractivity contribution in [3.63, 3.8) is 0 Å². The smallest absolute Gasteiger partial charge is 0.109 e. The molecule has 0 unspecified atom stereocenters. The molecule has 2 nitrogen and oxygen atoms in total. The number of hydrogen-bond acceptors (Lipinski definition) is 2. The number of pyridine rings is 1. The van der Waals surface area contributed by atoms with Gasteiger partial charge in [0.15, 0.2) is 0 Å². The van der Waals surface area contributed by atoms with Crippen LogP contribution in [0.5, 0.6) is 0 Å². The molecule has 4 rings (SSSR count). The monoisotopic (exact) mass is 381 g/mol. The maximum Gasteiger partial charge on any atom is 0.109 e. The van der Waals surface area contributed by atoms with Gasteiger partial charge in [0.1, 0.15) is 7.14 Å². The Morgan fingerprint density at radius 3 is 2.19 bits per heavy atom. The van der Waals surface area contributed by atoms with Crippen LogP contribution in [0.4, 0.5) is 0 Å². The van der Waals surface area contributed by atoms with Crippen LogP contribution in [0.3, 0.4) is 0 Å². The second-order valence-electron chi connectivity index (χ2n) is 7.86. The Labute approximate surface area is 159 Å². The topological polar surface area (TPSA) is 30.0 Å². The lowest BCUT2D eigenvalue weighted by atomic mass is 9.81. The van der Waals surface area contributed by atoms with E-state index in [1.54, 1.807) is 6.20 Å². The molecule has 1 aromatic heterocycles. The largest absolute Gasteiger partial charge is 0.319 e. The molecule has 0 bridgehead atoms. The van der Waals surface area contributed by atoms with E-state index in [0.717, 1.165) is 16.4 Å². The number of nitrogens with zero attached hydrogens (tertiary/aromatic N) is 1. The molecule has 1 aliphatic carbocycles. The molecule has 0 aliphatic heterocycles. The minimum atomic E-state index is -2.29. The van der Waals surface area contributed by atoms with Gasteiger partial charge in [-0.15, -0.1) is 0 Å². The Bertz CT molecular complexity index is 1080. The van der Waals surface area contributed by atoms with Gasteiger partial charge in [0.2, 0.25) is 0 Å². The predicted octanol–water partition coefficient (Wildman–Crippen LogP) is 5.96. The van der Waals surface area contributed by atoms with Gasteiger partial charge >= 0.3 is 0 Å². The lowest BCUT2D eigenvalue weighted by Crippen LogP contribution is -2.17. The van der Waals surface area contributed by atoms with E-state index >= 15 is 0 Å². The lowest BCUT2D eigenvalue weighted by molar-refractivity contribution is 0.588. The number of rotatable bonds is 2. The summed E-state index contributed by atoms with van der Waals surface area (Å²) in [7, 11) is -2.29. The molecule has 0 saturated heterocycles. The average molecular weight is 382 g/mol. The molecule has 1 heterocycles. The molecule has 2 aromatic carbocycles. The van der Waals surface area contributed by atoms with E-state index < -0.39 is 7.14 Å². The summed E-state index contributed by atoms with van der Waals surface area (Å²) in [6, 6.07) is 14.7. The zero-order chi connectivity index (χ0) is 18.7. The van der Waals surface area contributed by atoms with E-state index in [-0.39, 0.29) is 5.41 Å². The molecule has 0 atom stereocenters. The molecule has 0 spiro atoms. The van der Waals surface area contributed by atoms with E-state index in [4.69, 9.17) is 11.6 Å². The highest BCUT2D eigenvalue weighted by Crippen LogP contribution is 2.50. The van der Waals surface area contributed by atoms with Crippen molar-refractivity contribution in [1.29, 1.82) is 0 Å². The molecular formula is C22H21ClNOP. The van der Waals surface area contributed by atoms with Crippen LogP contribution in [0, 0.1) is 0 Å². The van der Waals surface area contributed by atoms with Gasteiger partial charge in [0.25, 0.3) is 0 Å². The van der Waals surface area contributed by atoms with Gasteiger partial charge in [0, 0.05) is 28.7 Å². The Morgan fingerprint density at radius 2 is 1.54 bits per heavy atom. The number of halogens is 1. The van der Waals surface area contributed by atoms with E-state index in [0.29, 0.717) is 5.02 Å². The number of fused-ring (bicyclic) bond motifs is 3. The maximum absolute atomic E-state index is 12.6. The van der Waals surface area contributed by atoms with Crippen LogP contribution in [-0.4, -0.2) is 18.3 Å². The van der Waals surface area contributed by atoms with Gasteiger partial charge < -0.3 is 4.57 Å². The molecule has 0 amide bonds. The van der Waals surface area contributed by atoms with Gasteiger partial charge in [0.05, 0.1) is 5.02 Å². The summed E-state index contributed by atoms with van der Waals surface area (Å²) < 4.78 is 12.6. The fraction of sp³-hybridized carbons (Fsp3) is 0.227. The first-order valence-corrected chi connectivity index (χ1v) is 11.6. The summed E-state index contributed by atoms with van der Waals surface area (Å²) >= 11 is 6.11. The van der Waals surface area contributed by atoms with Crippen molar-refractivity contribution in [2.24, 2.45) is 0 Å². The van der Waals surface area contributed by atoms with Crippen LogP contribution in [0.25, 0.3) is 22.3 Å². The third kappa shape index (κ3) is 2.73. The fourth-order valence-corrected chi connectivity index (χ4v) is 4.86. The van der Waals surface area contributed by atoms with Crippen molar-refractivity contribution < 1.29 is 4.57 Å². The van der Waals surface area contributed by atoms with Crippen LogP contribution in [0.1, 0.15) is 25.0 Å². The molecule has 0 radical (unpaired) electrons. The van der Waals surface area contributed by atoms with Gasteiger partial charge in [-0.05, 0) is 59.3 Å². The minimum absolute atomic E-state index is 0.141. The highest BCUT2D eigenvalue weighted by molar-refractivity contribution is 7.70. The van der Waals surface area contributed by atoms with Gasteiger partial charge in [-0.25, -0.2) is 0 Å². The zero-order valence-electron chi connectivity index (χ0n) is 15.4.